The van der Waals surface area contributed by atoms with Crippen molar-refractivity contribution in [2.75, 3.05) is 37.7 Å². The number of hydrogen-bond donors (Lipinski definition) is 1. The van der Waals surface area contributed by atoms with Crippen LogP contribution in [0.5, 0.6) is 0 Å². The van der Waals surface area contributed by atoms with Gasteiger partial charge in [0.25, 0.3) is 0 Å². The first kappa shape index (κ1) is 15.9. The van der Waals surface area contributed by atoms with Gasteiger partial charge in [-0.25, -0.2) is 8.42 Å². The van der Waals surface area contributed by atoms with E-state index in [4.69, 9.17) is 0 Å². The van der Waals surface area contributed by atoms with E-state index in [1.807, 2.05) is 0 Å². The summed E-state index contributed by atoms with van der Waals surface area (Å²) in [7, 11) is -2.85. The molecule has 0 aromatic carbocycles. The maximum Gasteiger partial charge on any atom is 0.151 e. The molecule has 1 unspecified atom stereocenters. The van der Waals surface area contributed by atoms with Crippen molar-refractivity contribution < 1.29 is 8.42 Å². The molecule has 1 fully saturated rings. The van der Waals surface area contributed by atoms with Crippen LogP contribution < -0.4 is 5.32 Å². The van der Waals surface area contributed by atoms with Gasteiger partial charge in [0.15, 0.2) is 9.84 Å². The van der Waals surface area contributed by atoms with Crippen molar-refractivity contribution in [1.82, 2.24) is 10.2 Å². The molecule has 1 aliphatic heterocycles. The fourth-order valence-corrected chi connectivity index (χ4v) is 3.24. The maximum atomic E-state index is 11.6. The largest absolute Gasteiger partial charge is 0.313 e. The number of rotatable bonds is 8. The third kappa shape index (κ3) is 6.16. The van der Waals surface area contributed by atoms with Crippen molar-refractivity contribution in [3.05, 3.63) is 0 Å². The molecule has 0 radical (unpaired) electrons. The average molecular weight is 276 g/mol. The van der Waals surface area contributed by atoms with E-state index < -0.39 is 9.84 Å². The van der Waals surface area contributed by atoms with Crippen molar-refractivity contribution in [3.8, 4) is 0 Å². The number of sulfone groups is 1. The van der Waals surface area contributed by atoms with Gasteiger partial charge >= 0.3 is 0 Å². The first-order valence-electron chi connectivity index (χ1n) is 7.09. The van der Waals surface area contributed by atoms with Gasteiger partial charge in [-0.2, -0.15) is 0 Å². The van der Waals surface area contributed by atoms with E-state index in [0.717, 1.165) is 19.6 Å². The fraction of sp³-hybridized carbons (Fsp3) is 1.00. The molecule has 18 heavy (non-hydrogen) atoms. The smallest absolute Gasteiger partial charge is 0.151 e. The first-order valence-corrected chi connectivity index (χ1v) is 8.91. The maximum absolute atomic E-state index is 11.6. The highest BCUT2D eigenvalue weighted by molar-refractivity contribution is 7.91. The van der Waals surface area contributed by atoms with E-state index >= 15 is 0 Å². The van der Waals surface area contributed by atoms with Crippen LogP contribution in [0, 0.1) is 5.92 Å². The van der Waals surface area contributed by atoms with Crippen molar-refractivity contribution in [2.45, 2.75) is 39.7 Å². The van der Waals surface area contributed by atoms with Gasteiger partial charge in [0.2, 0.25) is 0 Å². The molecule has 5 heteroatoms. The van der Waals surface area contributed by atoms with Crippen LogP contribution in [0.3, 0.4) is 0 Å². The highest BCUT2D eigenvalue weighted by atomic mass is 32.2. The topological polar surface area (TPSA) is 49.4 Å². The Hall–Kier alpha value is -0.130. The highest BCUT2D eigenvalue weighted by Gasteiger charge is 2.19. The lowest BCUT2D eigenvalue weighted by molar-refractivity contribution is 0.235. The predicted octanol–water partition coefficient (Wildman–Crippen LogP) is 1.13. The summed E-state index contributed by atoms with van der Waals surface area (Å²) in [6.07, 6.45) is 2.46. The Morgan fingerprint density at radius 2 is 2.11 bits per heavy atom. The Bertz CT molecular complexity index is 322. The molecular formula is C13H28N2O2S. The Morgan fingerprint density at radius 1 is 1.39 bits per heavy atom. The third-order valence-corrected chi connectivity index (χ3v) is 5.11. The second kappa shape index (κ2) is 7.46. The summed E-state index contributed by atoms with van der Waals surface area (Å²) in [4.78, 5) is 2.31. The predicted molar refractivity (Wildman–Crippen MR) is 76.6 cm³/mol. The minimum Gasteiger partial charge on any atom is -0.313 e. The van der Waals surface area contributed by atoms with Crippen LogP contribution >= 0.6 is 0 Å². The van der Waals surface area contributed by atoms with Crippen LogP contribution in [0.1, 0.15) is 33.6 Å². The number of nitrogens with zero attached hydrogens (tertiary/aromatic N) is 1. The van der Waals surface area contributed by atoms with Crippen molar-refractivity contribution in [3.63, 3.8) is 0 Å². The summed E-state index contributed by atoms with van der Waals surface area (Å²) < 4.78 is 23.2. The zero-order valence-corrected chi connectivity index (χ0v) is 12.8. The van der Waals surface area contributed by atoms with Gasteiger partial charge in [0.05, 0.1) is 5.75 Å². The molecule has 0 aromatic rings. The van der Waals surface area contributed by atoms with Crippen LogP contribution in [-0.4, -0.2) is 57.0 Å². The van der Waals surface area contributed by atoms with Gasteiger partial charge in [0.1, 0.15) is 0 Å². The average Bonchev–Trinajstić information content (AvgIpc) is 2.78. The quantitative estimate of drug-likeness (QED) is 0.722. The lowest BCUT2D eigenvalue weighted by Gasteiger charge is -2.27. The third-order valence-electron chi connectivity index (χ3n) is 3.42. The second-order valence-electron chi connectivity index (χ2n) is 5.68. The molecule has 0 spiro atoms. The first-order chi connectivity index (χ1) is 8.43. The van der Waals surface area contributed by atoms with E-state index in [1.165, 1.54) is 12.8 Å². The fourth-order valence-electron chi connectivity index (χ4n) is 2.41. The molecule has 1 aliphatic rings. The molecule has 0 aromatic heterocycles. The standard InChI is InChI=1S/C13H28N2O2S/c1-4-18(16,17)9-8-15(10-12(2)3)11-13-6-5-7-14-13/h12-14H,4-11H2,1-3H3. The highest BCUT2D eigenvalue weighted by Crippen LogP contribution is 2.09. The molecule has 0 aliphatic carbocycles. The molecule has 1 heterocycles. The Balaban J connectivity index is 2.44. The SMILES string of the molecule is CCS(=O)(=O)CCN(CC(C)C)CC1CCCN1. The molecule has 0 bridgehead atoms. The van der Waals surface area contributed by atoms with Gasteiger partial charge in [0, 0.05) is 31.4 Å². The van der Waals surface area contributed by atoms with E-state index in [-0.39, 0.29) is 5.75 Å². The van der Waals surface area contributed by atoms with Gasteiger partial charge in [-0.3, -0.25) is 0 Å². The van der Waals surface area contributed by atoms with Crippen molar-refractivity contribution in [2.24, 2.45) is 5.92 Å². The minimum absolute atomic E-state index is 0.254. The summed E-state index contributed by atoms with van der Waals surface area (Å²) in [5.41, 5.74) is 0. The summed E-state index contributed by atoms with van der Waals surface area (Å²) >= 11 is 0. The molecule has 0 saturated carbocycles. The Labute approximate surface area is 112 Å². The molecular weight excluding hydrogens is 248 g/mol. The van der Waals surface area contributed by atoms with Crippen LogP contribution in [0.15, 0.2) is 0 Å². The lowest BCUT2D eigenvalue weighted by Crippen LogP contribution is -2.41. The van der Waals surface area contributed by atoms with Gasteiger partial charge in [-0.05, 0) is 25.3 Å². The Morgan fingerprint density at radius 3 is 2.61 bits per heavy atom. The van der Waals surface area contributed by atoms with Crippen LogP contribution in [0.2, 0.25) is 0 Å². The Kier molecular flexibility index (Phi) is 6.60. The van der Waals surface area contributed by atoms with E-state index in [2.05, 4.69) is 24.1 Å². The van der Waals surface area contributed by atoms with Crippen LogP contribution in [0.25, 0.3) is 0 Å². The number of nitrogens with one attached hydrogen (secondary N) is 1. The van der Waals surface area contributed by atoms with E-state index in [9.17, 15) is 8.42 Å². The van der Waals surface area contributed by atoms with E-state index in [1.54, 1.807) is 6.92 Å². The zero-order chi connectivity index (χ0) is 13.6. The van der Waals surface area contributed by atoms with Gasteiger partial charge < -0.3 is 10.2 Å². The van der Waals surface area contributed by atoms with Gasteiger partial charge in [-0.1, -0.05) is 20.8 Å². The summed E-state index contributed by atoms with van der Waals surface area (Å²) in [5.74, 6) is 1.13. The minimum atomic E-state index is -2.85. The molecule has 1 saturated heterocycles. The van der Waals surface area contributed by atoms with Crippen molar-refractivity contribution in [1.29, 1.82) is 0 Å². The van der Waals surface area contributed by atoms with Crippen LogP contribution in [0.4, 0.5) is 0 Å². The molecule has 1 atom stereocenters. The van der Waals surface area contributed by atoms with E-state index in [0.29, 0.717) is 24.3 Å². The molecule has 1 N–H and O–H groups in total. The molecule has 4 nitrogen and oxygen atoms in total. The summed E-state index contributed by atoms with van der Waals surface area (Å²) in [5, 5.41) is 3.48. The molecule has 1 rings (SSSR count). The summed E-state index contributed by atoms with van der Waals surface area (Å²) in [6, 6.07) is 0.549. The summed E-state index contributed by atoms with van der Waals surface area (Å²) in [6.45, 7) is 9.84. The monoisotopic (exact) mass is 276 g/mol. The number of hydrogen-bond acceptors (Lipinski definition) is 4. The normalized spacial score (nSPS) is 21.1. The second-order valence-corrected chi connectivity index (χ2v) is 8.16. The lowest BCUT2D eigenvalue weighted by atomic mass is 10.1. The van der Waals surface area contributed by atoms with Gasteiger partial charge in [-0.15, -0.1) is 0 Å². The zero-order valence-electron chi connectivity index (χ0n) is 12.0. The van der Waals surface area contributed by atoms with Crippen molar-refractivity contribution >= 4 is 9.84 Å². The van der Waals surface area contributed by atoms with Crippen LogP contribution in [-0.2, 0) is 9.84 Å². The molecule has 0 amide bonds. The molecule has 108 valence electrons.